The molecule has 0 aliphatic heterocycles. The molecule has 0 spiro atoms. The van der Waals surface area contributed by atoms with Gasteiger partial charge in [0.25, 0.3) is 11.5 Å². The van der Waals surface area contributed by atoms with E-state index in [2.05, 4.69) is 15.3 Å². The zero-order valence-corrected chi connectivity index (χ0v) is 17.8. The Morgan fingerprint density at radius 1 is 1.10 bits per heavy atom. The Balaban J connectivity index is 1.86. The fraction of sp³-hybridized carbons (Fsp3) is 0.278. The Labute approximate surface area is 185 Å². The van der Waals surface area contributed by atoms with Crippen molar-refractivity contribution in [2.75, 3.05) is 23.0 Å². The largest absolute Gasteiger partial charge is 0.481 e. The average Bonchev–Trinajstić information content (AvgIpc) is 2.69. The molecule has 1 amide bonds. The third-order valence-electron chi connectivity index (χ3n) is 3.89. The molecule has 2 aromatic rings. The summed E-state index contributed by atoms with van der Waals surface area (Å²) in [7, 11) is 0. The highest BCUT2D eigenvalue weighted by Crippen LogP contribution is 2.24. The Kier molecular flexibility index (Phi) is 8.75. The highest BCUT2D eigenvalue weighted by molar-refractivity contribution is 8.03. The normalized spacial score (nSPS) is 11.6. The number of carboxylic acid groups (broad SMARTS) is 2. The fourth-order valence-corrected chi connectivity index (χ4v) is 4.22. The predicted molar refractivity (Wildman–Crippen MR) is 117 cm³/mol. The van der Waals surface area contributed by atoms with Crippen LogP contribution >= 0.6 is 23.5 Å². The highest BCUT2D eigenvalue weighted by Gasteiger charge is 2.21. The van der Waals surface area contributed by atoms with Crippen LogP contribution in [0.1, 0.15) is 23.2 Å². The molecule has 0 aliphatic carbocycles. The molecule has 0 radical (unpaired) electrons. The van der Waals surface area contributed by atoms with E-state index in [1.165, 1.54) is 23.5 Å². The number of rotatable bonds is 11. The smallest absolute Gasteiger partial charge is 0.326 e. The summed E-state index contributed by atoms with van der Waals surface area (Å²) in [4.78, 5) is 53.2. The number of anilines is 2. The van der Waals surface area contributed by atoms with Crippen LogP contribution in [0.4, 0.5) is 11.8 Å². The number of benzene rings is 1. The maximum Gasteiger partial charge on any atom is 0.326 e. The van der Waals surface area contributed by atoms with Gasteiger partial charge in [-0.3, -0.25) is 19.4 Å². The minimum absolute atomic E-state index is 0.0399. The average molecular weight is 468 g/mol. The summed E-state index contributed by atoms with van der Waals surface area (Å²) in [5, 5.41) is 20.1. The van der Waals surface area contributed by atoms with Crippen molar-refractivity contribution in [3.63, 3.8) is 0 Å². The number of aliphatic carboxylic acids is 2. The molecular weight excluding hydrogens is 446 g/mol. The van der Waals surface area contributed by atoms with Crippen LogP contribution in [0.5, 0.6) is 0 Å². The number of H-pyrrole nitrogens is 1. The minimum Gasteiger partial charge on any atom is -0.481 e. The van der Waals surface area contributed by atoms with E-state index in [9.17, 15) is 19.2 Å². The van der Waals surface area contributed by atoms with Crippen LogP contribution in [-0.2, 0) is 9.59 Å². The molecule has 0 aliphatic rings. The molecule has 1 atom stereocenters. The first-order chi connectivity index (χ1) is 14.7. The molecule has 0 saturated carbocycles. The van der Waals surface area contributed by atoms with Gasteiger partial charge >= 0.3 is 11.9 Å². The number of aromatic nitrogens is 2. The summed E-state index contributed by atoms with van der Waals surface area (Å²) >= 11 is 2.75. The van der Waals surface area contributed by atoms with E-state index in [0.29, 0.717) is 16.4 Å². The van der Waals surface area contributed by atoms with Gasteiger partial charge in [-0.15, -0.1) is 23.5 Å². The summed E-state index contributed by atoms with van der Waals surface area (Å²) in [6, 6.07) is 5.24. The van der Waals surface area contributed by atoms with Crippen molar-refractivity contribution in [2.24, 2.45) is 0 Å². The first-order valence-corrected chi connectivity index (χ1v) is 10.9. The number of nitrogens with two attached hydrogens (primary N) is 2. The first kappa shape index (κ1) is 24.1. The molecule has 0 fully saturated rings. The molecule has 0 bridgehead atoms. The van der Waals surface area contributed by atoms with E-state index >= 15 is 0 Å². The lowest BCUT2D eigenvalue weighted by Crippen LogP contribution is -2.41. The zero-order chi connectivity index (χ0) is 23.0. The van der Waals surface area contributed by atoms with Gasteiger partial charge in [0.05, 0.1) is 0 Å². The summed E-state index contributed by atoms with van der Waals surface area (Å²) in [6.45, 7) is 0. The molecule has 1 aromatic heterocycles. The maximum absolute atomic E-state index is 12.2. The number of nitrogen functional groups attached to an aromatic ring is 2. The van der Waals surface area contributed by atoms with E-state index in [1.807, 2.05) is 0 Å². The fourth-order valence-electron chi connectivity index (χ4n) is 2.41. The second-order valence-electron chi connectivity index (χ2n) is 6.18. The van der Waals surface area contributed by atoms with Crippen molar-refractivity contribution in [3.8, 4) is 0 Å². The van der Waals surface area contributed by atoms with Gasteiger partial charge in [0.2, 0.25) is 5.95 Å². The number of carboxylic acids is 2. The molecule has 8 N–H and O–H groups in total. The molecule has 2 rings (SSSR count). The highest BCUT2D eigenvalue weighted by atomic mass is 32.2. The van der Waals surface area contributed by atoms with Crippen molar-refractivity contribution >= 4 is 53.1 Å². The Morgan fingerprint density at radius 2 is 1.74 bits per heavy atom. The number of aromatic amines is 1. The van der Waals surface area contributed by atoms with Crippen molar-refractivity contribution in [1.29, 1.82) is 0 Å². The summed E-state index contributed by atoms with van der Waals surface area (Å²) in [6.07, 6.45) is -0.576. The van der Waals surface area contributed by atoms with Gasteiger partial charge in [-0.1, -0.05) is 0 Å². The van der Waals surface area contributed by atoms with Crippen LogP contribution in [0, 0.1) is 0 Å². The van der Waals surface area contributed by atoms with E-state index in [-0.39, 0.29) is 30.2 Å². The zero-order valence-electron chi connectivity index (χ0n) is 16.2. The molecule has 1 aromatic carbocycles. The van der Waals surface area contributed by atoms with Crippen LogP contribution in [0.25, 0.3) is 0 Å². The van der Waals surface area contributed by atoms with Gasteiger partial charge in [0, 0.05) is 28.4 Å². The Morgan fingerprint density at radius 3 is 2.32 bits per heavy atom. The predicted octanol–water partition coefficient (Wildman–Crippen LogP) is 0.866. The van der Waals surface area contributed by atoms with Gasteiger partial charge in [-0.05, 0) is 30.7 Å². The van der Waals surface area contributed by atoms with Crippen LogP contribution in [0.15, 0.2) is 38.9 Å². The number of thioether (sulfide) groups is 2. The summed E-state index contributed by atoms with van der Waals surface area (Å²) in [5.41, 5.74) is 11.0. The number of hydrogen-bond acceptors (Lipinski definition) is 9. The Hall–Kier alpha value is -3.19. The number of nitrogens with one attached hydrogen (secondary N) is 2. The molecule has 1 heterocycles. The van der Waals surface area contributed by atoms with Gasteiger partial charge < -0.3 is 27.0 Å². The number of hydrogen-bond donors (Lipinski definition) is 6. The molecule has 166 valence electrons. The second-order valence-corrected chi connectivity index (χ2v) is 8.46. The van der Waals surface area contributed by atoms with Crippen molar-refractivity contribution in [2.45, 2.75) is 28.7 Å². The number of nitrogens with zero attached hydrogens (tertiary/aromatic N) is 1. The van der Waals surface area contributed by atoms with Gasteiger partial charge in [-0.25, -0.2) is 4.79 Å². The SMILES string of the molecule is Nc1nc(N)c(SCCSc2ccc(C(=O)N[C@@H](CCC(=O)O)C(=O)O)cc2)c(=O)[nH]1. The van der Waals surface area contributed by atoms with E-state index in [4.69, 9.17) is 21.7 Å². The van der Waals surface area contributed by atoms with Gasteiger partial charge in [0.1, 0.15) is 16.8 Å². The third kappa shape index (κ3) is 7.53. The van der Waals surface area contributed by atoms with Crippen LogP contribution < -0.4 is 22.3 Å². The lowest BCUT2D eigenvalue weighted by atomic mass is 10.1. The molecule has 13 heteroatoms. The molecule has 0 unspecified atom stereocenters. The van der Waals surface area contributed by atoms with Crippen molar-refractivity contribution < 1.29 is 24.6 Å². The third-order valence-corrected chi connectivity index (χ3v) is 6.25. The topological polar surface area (TPSA) is 201 Å². The van der Waals surface area contributed by atoms with Crippen LogP contribution in [-0.4, -0.2) is 55.6 Å². The maximum atomic E-state index is 12.2. The molecule has 11 nitrogen and oxygen atoms in total. The number of carbonyl (C=O) groups excluding carboxylic acids is 1. The van der Waals surface area contributed by atoms with E-state index < -0.39 is 29.4 Å². The minimum atomic E-state index is -1.30. The first-order valence-electron chi connectivity index (χ1n) is 8.93. The van der Waals surface area contributed by atoms with Crippen LogP contribution in [0.3, 0.4) is 0 Å². The monoisotopic (exact) mass is 467 g/mol. The lowest BCUT2D eigenvalue weighted by Gasteiger charge is -2.13. The van der Waals surface area contributed by atoms with Crippen LogP contribution in [0.2, 0.25) is 0 Å². The number of carbonyl (C=O) groups is 3. The second kappa shape index (κ2) is 11.3. The number of amides is 1. The van der Waals surface area contributed by atoms with E-state index in [1.54, 1.807) is 24.3 Å². The molecular formula is C18H21N5O6S2. The lowest BCUT2D eigenvalue weighted by molar-refractivity contribution is -0.140. The van der Waals surface area contributed by atoms with Crippen molar-refractivity contribution in [1.82, 2.24) is 15.3 Å². The van der Waals surface area contributed by atoms with Gasteiger partial charge in [0.15, 0.2) is 0 Å². The standard InChI is InChI=1S/C18H21N5O6S2/c19-14-13(16(27)23-18(20)22-14)31-8-7-30-10-3-1-9(2-4-10)15(26)21-11(17(28)29)5-6-12(24)25/h1-4,11H,5-8H2,(H,21,26)(H,24,25)(H,28,29)(H5,19,20,22,23,27)/t11-/m0/s1. The van der Waals surface area contributed by atoms with E-state index in [0.717, 1.165) is 4.90 Å². The molecule has 31 heavy (non-hydrogen) atoms. The quantitative estimate of drug-likeness (QED) is 0.202. The summed E-state index contributed by atoms with van der Waals surface area (Å²) in [5.74, 6) is -1.77. The Bertz CT molecular complexity index is 1010. The summed E-state index contributed by atoms with van der Waals surface area (Å²) < 4.78 is 0. The molecule has 0 saturated heterocycles. The van der Waals surface area contributed by atoms with Gasteiger partial charge in [-0.2, -0.15) is 4.98 Å². The van der Waals surface area contributed by atoms with Crippen molar-refractivity contribution in [3.05, 3.63) is 40.2 Å².